The molecule has 108 valence electrons. The van der Waals surface area contributed by atoms with Crippen LogP contribution in [0.5, 0.6) is 0 Å². The molecule has 1 heterocycles. The monoisotopic (exact) mass is 286 g/mol. The number of benzene rings is 1. The Kier molecular flexibility index (Phi) is 3.89. The van der Waals surface area contributed by atoms with Gasteiger partial charge in [0.2, 0.25) is 0 Å². The number of hydrogen-bond donors (Lipinski definition) is 2. The Labute approximate surface area is 121 Å². The summed E-state index contributed by atoms with van der Waals surface area (Å²) in [5, 5.41) is 22.5. The van der Waals surface area contributed by atoms with E-state index in [1.54, 1.807) is 24.3 Å². The normalized spacial score (nSPS) is 10.2. The smallest absolute Gasteiger partial charge is 0.339 e. The standard InChI is InChI=1S/C15H14N2O4/c1-9(2)7-13-11(15(20)21)8-16-17(13)12-6-4-3-5-10(12)14(18)19/h3-8H,1-2H3,(H,18,19)(H,20,21). The van der Waals surface area contributed by atoms with E-state index in [1.807, 2.05) is 13.8 Å². The van der Waals surface area contributed by atoms with Gasteiger partial charge < -0.3 is 10.2 Å². The van der Waals surface area contributed by atoms with Gasteiger partial charge in [-0.15, -0.1) is 0 Å². The van der Waals surface area contributed by atoms with Crippen molar-refractivity contribution in [3.8, 4) is 5.69 Å². The fraction of sp³-hybridized carbons (Fsp3) is 0.133. The van der Waals surface area contributed by atoms with Gasteiger partial charge >= 0.3 is 11.9 Å². The molecule has 1 aromatic carbocycles. The van der Waals surface area contributed by atoms with E-state index in [2.05, 4.69) is 5.10 Å². The molecule has 0 radical (unpaired) electrons. The van der Waals surface area contributed by atoms with Crippen LogP contribution in [0.25, 0.3) is 11.8 Å². The van der Waals surface area contributed by atoms with E-state index in [-0.39, 0.29) is 11.1 Å². The Balaban J connectivity index is 2.74. The highest BCUT2D eigenvalue weighted by atomic mass is 16.4. The zero-order chi connectivity index (χ0) is 15.6. The summed E-state index contributed by atoms with van der Waals surface area (Å²) >= 11 is 0. The van der Waals surface area contributed by atoms with Crippen LogP contribution in [-0.4, -0.2) is 31.9 Å². The zero-order valence-electron chi connectivity index (χ0n) is 11.6. The molecule has 0 spiro atoms. The summed E-state index contributed by atoms with van der Waals surface area (Å²) in [6.07, 6.45) is 2.88. The quantitative estimate of drug-likeness (QED) is 0.901. The summed E-state index contributed by atoms with van der Waals surface area (Å²) in [6, 6.07) is 6.32. The number of nitrogens with zero attached hydrogens (tertiary/aromatic N) is 2. The lowest BCUT2D eigenvalue weighted by molar-refractivity contribution is 0.0686. The molecular formula is C15H14N2O4. The second-order valence-electron chi connectivity index (χ2n) is 4.70. The van der Waals surface area contributed by atoms with Gasteiger partial charge in [-0.25, -0.2) is 14.3 Å². The third kappa shape index (κ3) is 2.84. The second kappa shape index (κ2) is 5.62. The van der Waals surface area contributed by atoms with Crippen molar-refractivity contribution >= 4 is 18.0 Å². The topological polar surface area (TPSA) is 92.4 Å². The predicted molar refractivity (Wildman–Crippen MR) is 76.8 cm³/mol. The van der Waals surface area contributed by atoms with Gasteiger partial charge in [0.05, 0.1) is 23.1 Å². The largest absolute Gasteiger partial charge is 0.478 e. The number of carbonyl (C=O) groups is 2. The van der Waals surface area contributed by atoms with Crippen molar-refractivity contribution in [3.05, 3.63) is 52.9 Å². The van der Waals surface area contributed by atoms with Crippen LogP contribution in [-0.2, 0) is 0 Å². The van der Waals surface area contributed by atoms with Crippen molar-refractivity contribution in [2.75, 3.05) is 0 Å². The molecule has 0 aliphatic carbocycles. The third-order valence-corrected chi connectivity index (χ3v) is 2.82. The summed E-state index contributed by atoms with van der Waals surface area (Å²) in [7, 11) is 0. The van der Waals surface area contributed by atoms with Crippen molar-refractivity contribution in [3.63, 3.8) is 0 Å². The van der Waals surface area contributed by atoms with Crippen molar-refractivity contribution in [2.24, 2.45) is 0 Å². The molecule has 0 fully saturated rings. The maximum atomic E-state index is 11.3. The first-order chi connectivity index (χ1) is 9.91. The van der Waals surface area contributed by atoms with Crippen LogP contribution in [0, 0.1) is 0 Å². The SMILES string of the molecule is CC(C)=Cc1c(C(=O)O)cnn1-c1ccccc1C(=O)O. The number of aromatic carboxylic acids is 2. The first-order valence-corrected chi connectivity index (χ1v) is 6.20. The lowest BCUT2D eigenvalue weighted by Crippen LogP contribution is -2.09. The highest BCUT2D eigenvalue weighted by Gasteiger charge is 2.19. The second-order valence-corrected chi connectivity index (χ2v) is 4.70. The van der Waals surface area contributed by atoms with Crippen molar-refractivity contribution < 1.29 is 19.8 Å². The number of hydrogen-bond acceptors (Lipinski definition) is 3. The van der Waals surface area contributed by atoms with Crippen LogP contribution in [0.3, 0.4) is 0 Å². The van der Waals surface area contributed by atoms with Gasteiger partial charge in [0.25, 0.3) is 0 Å². The van der Waals surface area contributed by atoms with E-state index < -0.39 is 11.9 Å². The average Bonchev–Trinajstić information content (AvgIpc) is 2.81. The molecule has 0 aliphatic rings. The van der Waals surface area contributed by atoms with Gasteiger partial charge in [-0.2, -0.15) is 5.10 Å². The molecule has 21 heavy (non-hydrogen) atoms. The van der Waals surface area contributed by atoms with E-state index in [9.17, 15) is 19.8 Å². The van der Waals surface area contributed by atoms with Gasteiger partial charge in [0.15, 0.2) is 0 Å². The van der Waals surface area contributed by atoms with Gasteiger partial charge in [-0.1, -0.05) is 17.7 Å². The predicted octanol–water partition coefficient (Wildman–Crippen LogP) is 2.69. The average molecular weight is 286 g/mol. The molecule has 6 heteroatoms. The van der Waals surface area contributed by atoms with Crippen molar-refractivity contribution in [2.45, 2.75) is 13.8 Å². The Morgan fingerprint density at radius 2 is 1.71 bits per heavy atom. The molecule has 0 aliphatic heterocycles. The van der Waals surface area contributed by atoms with Crippen LogP contribution in [0.4, 0.5) is 0 Å². The number of carboxylic acid groups (broad SMARTS) is 2. The zero-order valence-corrected chi connectivity index (χ0v) is 11.6. The van der Waals surface area contributed by atoms with E-state index in [4.69, 9.17) is 0 Å². The van der Waals surface area contributed by atoms with Gasteiger partial charge in [0.1, 0.15) is 5.56 Å². The minimum absolute atomic E-state index is 0.0244. The summed E-state index contributed by atoms with van der Waals surface area (Å²) in [5.41, 5.74) is 1.63. The van der Waals surface area contributed by atoms with Crippen LogP contribution in [0.2, 0.25) is 0 Å². The van der Waals surface area contributed by atoms with Gasteiger partial charge in [-0.3, -0.25) is 0 Å². The number of allylic oxidation sites excluding steroid dienone is 1. The number of para-hydroxylation sites is 1. The fourth-order valence-corrected chi connectivity index (χ4v) is 1.97. The highest BCUT2D eigenvalue weighted by molar-refractivity contribution is 5.94. The lowest BCUT2D eigenvalue weighted by atomic mass is 10.1. The van der Waals surface area contributed by atoms with Crippen LogP contribution >= 0.6 is 0 Å². The van der Waals surface area contributed by atoms with Gasteiger partial charge in [-0.05, 0) is 32.1 Å². The molecule has 0 saturated carbocycles. The van der Waals surface area contributed by atoms with Crippen LogP contribution < -0.4 is 0 Å². The van der Waals surface area contributed by atoms with Gasteiger partial charge in [0, 0.05) is 0 Å². The Bertz CT molecular complexity index is 740. The molecule has 1 aromatic heterocycles. The lowest BCUT2D eigenvalue weighted by Gasteiger charge is -2.09. The molecule has 2 aromatic rings. The Hall–Kier alpha value is -2.89. The number of rotatable bonds is 4. The molecule has 0 bridgehead atoms. The van der Waals surface area contributed by atoms with E-state index in [0.29, 0.717) is 11.4 Å². The third-order valence-electron chi connectivity index (χ3n) is 2.82. The van der Waals surface area contributed by atoms with Crippen molar-refractivity contribution in [1.82, 2.24) is 9.78 Å². The van der Waals surface area contributed by atoms with Crippen LogP contribution in [0.15, 0.2) is 36.0 Å². The highest BCUT2D eigenvalue weighted by Crippen LogP contribution is 2.21. The maximum absolute atomic E-state index is 11.3. The number of aromatic nitrogens is 2. The molecule has 0 atom stereocenters. The molecule has 2 N–H and O–H groups in total. The first-order valence-electron chi connectivity index (χ1n) is 6.20. The minimum atomic E-state index is -1.11. The van der Waals surface area contributed by atoms with Crippen LogP contribution in [0.1, 0.15) is 40.3 Å². The summed E-state index contributed by atoms with van der Waals surface area (Å²) in [5.74, 6) is -2.21. The molecule has 2 rings (SSSR count). The summed E-state index contributed by atoms with van der Waals surface area (Å²) < 4.78 is 1.33. The first kappa shape index (κ1) is 14.5. The molecule has 0 amide bonds. The fourth-order valence-electron chi connectivity index (χ4n) is 1.97. The molecule has 6 nitrogen and oxygen atoms in total. The van der Waals surface area contributed by atoms with Crippen molar-refractivity contribution in [1.29, 1.82) is 0 Å². The maximum Gasteiger partial charge on any atom is 0.339 e. The van der Waals surface area contributed by atoms with E-state index in [0.717, 1.165) is 5.57 Å². The molecular weight excluding hydrogens is 272 g/mol. The molecule has 0 saturated heterocycles. The molecule has 0 unspecified atom stereocenters. The summed E-state index contributed by atoms with van der Waals surface area (Å²) in [4.78, 5) is 22.6. The Morgan fingerprint density at radius 3 is 2.29 bits per heavy atom. The van der Waals surface area contributed by atoms with E-state index in [1.165, 1.54) is 16.9 Å². The number of carboxylic acids is 2. The van der Waals surface area contributed by atoms with E-state index >= 15 is 0 Å². The Morgan fingerprint density at radius 1 is 1.10 bits per heavy atom. The minimum Gasteiger partial charge on any atom is -0.478 e. The summed E-state index contributed by atoms with van der Waals surface area (Å²) in [6.45, 7) is 3.65.